The third kappa shape index (κ3) is 3.27. The predicted molar refractivity (Wildman–Crippen MR) is 103 cm³/mol. The van der Waals surface area contributed by atoms with Crippen LogP contribution in [0.3, 0.4) is 0 Å². The monoisotopic (exact) mass is 345 g/mol. The highest BCUT2D eigenvalue weighted by Crippen LogP contribution is 2.28. The third-order valence-corrected chi connectivity index (χ3v) is 4.94. The Hall–Kier alpha value is -2.88. The summed E-state index contributed by atoms with van der Waals surface area (Å²) in [6.07, 6.45) is 6.30. The smallest absolute Gasteiger partial charge is 0.257 e. The molecule has 26 heavy (non-hydrogen) atoms. The van der Waals surface area contributed by atoms with E-state index in [0.29, 0.717) is 5.56 Å². The van der Waals surface area contributed by atoms with E-state index in [1.54, 1.807) is 6.20 Å². The van der Waals surface area contributed by atoms with E-state index in [4.69, 9.17) is 0 Å². The first-order valence-electron chi connectivity index (χ1n) is 9.33. The van der Waals surface area contributed by atoms with E-state index in [2.05, 4.69) is 5.10 Å². The molecule has 1 saturated heterocycles. The minimum atomic E-state index is 0.0907. The van der Waals surface area contributed by atoms with E-state index in [9.17, 15) is 4.79 Å². The first kappa shape index (κ1) is 16.6. The van der Waals surface area contributed by atoms with Gasteiger partial charge >= 0.3 is 0 Å². The maximum atomic E-state index is 13.3. The molecule has 3 aromatic rings. The number of amides is 1. The zero-order valence-electron chi connectivity index (χ0n) is 14.8. The van der Waals surface area contributed by atoms with Crippen LogP contribution in [0.4, 0.5) is 0 Å². The number of likely N-dealkylation sites (tertiary alicyclic amines) is 1. The molecule has 0 aliphatic carbocycles. The molecule has 0 bridgehead atoms. The largest absolute Gasteiger partial charge is 0.339 e. The molecule has 0 atom stereocenters. The number of para-hydroxylation sites is 1. The Bertz CT molecular complexity index is 863. The number of rotatable bonds is 3. The second kappa shape index (κ2) is 7.56. The lowest BCUT2D eigenvalue weighted by Crippen LogP contribution is -2.32. The summed E-state index contributed by atoms with van der Waals surface area (Å²) in [5.74, 6) is 0.0907. The van der Waals surface area contributed by atoms with Crippen LogP contribution in [0.15, 0.2) is 66.9 Å². The number of hydrogen-bond donors (Lipinski definition) is 0. The van der Waals surface area contributed by atoms with Gasteiger partial charge in [0.25, 0.3) is 5.91 Å². The van der Waals surface area contributed by atoms with Crippen LogP contribution in [-0.2, 0) is 0 Å². The molecule has 1 aliphatic heterocycles. The van der Waals surface area contributed by atoms with Gasteiger partial charge < -0.3 is 4.90 Å². The minimum Gasteiger partial charge on any atom is -0.339 e. The first-order valence-corrected chi connectivity index (χ1v) is 9.33. The number of hydrogen-bond acceptors (Lipinski definition) is 2. The van der Waals surface area contributed by atoms with Gasteiger partial charge in [-0.25, -0.2) is 4.68 Å². The lowest BCUT2D eigenvalue weighted by Gasteiger charge is -2.20. The molecule has 1 fully saturated rings. The quantitative estimate of drug-likeness (QED) is 0.698. The van der Waals surface area contributed by atoms with Gasteiger partial charge in [-0.1, -0.05) is 61.4 Å². The van der Waals surface area contributed by atoms with E-state index >= 15 is 0 Å². The molecule has 0 saturated carbocycles. The van der Waals surface area contributed by atoms with Gasteiger partial charge in [-0.15, -0.1) is 0 Å². The van der Waals surface area contributed by atoms with Crippen molar-refractivity contribution in [1.82, 2.24) is 14.7 Å². The van der Waals surface area contributed by atoms with Gasteiger partial charge in [0.05, 0.1) is 23.1 Å². The van der Waals surface area contributed by atoms with Crippen molar-refractivity contribution in [2.24, 2.45) is 0 Å². The predicted octanol–water partition coefficient (Wildman–Crippen LogP) is 4.56. The van der Waals surface area contributed by atoms with Crippen LogP contribution in [0.5, 0.6) is 0 Å². The van der Waals surface area contributed by atoms with E-state index in [0.717, 1.165) is 42.9 Å². The highest BCUT2D eigenvalue weighted by molar-refractivity contribution is 6.00. The lowest BCUT2D eigenvalue weighted by atomic mass is 10.1. The Labute approximate surface area is 154 Å². The Morgan fingerprint density at radius 1 is 0.808 bits per heavy atom. The van der Waals surface area contributed by atoms with Crippen LogP contribution in [0.25, 0.3) is 16.9 Å². The van der Waals surface area contributed by atoms with Gasteiger partial charge in [0.15, 0.2) is 0 Å². The summed E-state index contributed by atoms with van der Waals surface area (Å²) >= 11 is 0. The fourth-order valence-electron chi connectivity index (χ4n) is 3.59. The molecule has 0 unspecified atom stereocenters. The number of benzene rings is 2. The fraction of sp³-hybridized carbons (Fsp3) is 0.273. The molecule has 4 rings (SSSR count). The van der Waals surface area contributed by atoms with E-state index in [1.807, 2.05) is 70.2 Å². The number of nitrogens with zero attached hydrogens (tertiary/aromatic N) is 3. The van der Waals surface area contributed by atoms with Crippen molar-refractivity contribution >= 4 is 5.91 Å². The molecular formula is C22H23N3O. The van der Waals surface area contributed by atoms with Crippen molar-refractivity contribution in [3.05, 3.63) is 72.4 Å². The number of aromatic nitrogens is 2. The van der Waals surface area contributed by atoms with Gasteiger partial charge in [0, 0.05) is 18.7 Å². The molecule has 0 N–H and O–H groups in total. The Morgan fingerprint density at radius 3 is 2.08 bits per heavy atom. The molecule has 4 heteroatoms. The standard InChI is InChI=1S/C22H23N3O/c26-22(24-15-9-1-2-10-16-24)20-17-23-25(19-13-7-4-8-14-19)21(20)18-11-5-3-6-12-18/h3-8,11-14,17H,1-2,9-10,15-16H2. The molecule has 2 aromatic carbocycles. The van der Waals surface area contributed by atoms with Gasteiger partial charge in [-0.3, -0.25) is 4.79 Å². The van der Waals surface area contributed by atoms with Gasteiger partial charge in [0.1, 0.15) is 0 Å². The Balaban J connectivity index is 1.80. The SMILES string of the molecule is O=C(c1cnn(-c2ccccc2)c1-c1ccccc1)N1CCCCCC1. The van der Waals surface area contributed by atoms with Crippen LogP contribution >= 0.6 is 0 Å². The van der Waals surface area contributed by atoms with E-state index in [1.165, 1.54) is 12.8 Å². The molecular weight excluding hydrogens is 322 g/mol. The van der Waals surface area contributed by atoms with Crippen molar-refractivity contribution in [3.8, 4) is 16.9 Å². The normalized spacial score (nSPS) is 14.8. The molecule has 1 amide bonds. The summed E-state index contributed by atoms with van der Waals surface area (Å²) in [6, 6.07) is 20.0. The highest BCUT2D eigenvalue weighted by Gasteiger charge is 2.24. The van der Waals surface area contributed by atoms with Crippen LogP contribution in [0, 0.1) is 0 Å². The summed E-state index contributed by atoms with van der Waals surface area (Å²) < 4.78 is 1.88. The highest BCUT2D eigenvalue weighted by atomic mass is 16.2. The molecule has 0 radical (unpaired) electrons. The average Bonchev–Trinajstić information content (AvgIpc) is 2.96. The summed E-state index contributed by atoms with van der Waals surface area (Å²) in [6.45, 7) is 1.67. The van der Waals surface area contributed by atoms with E-state index in [-0.39, 0.29) is 5.91 Å². The number of carbonyl (C=O) groups is 1. The fourth-order valence-corrected chi connectivity index (χ4v) is 3.59. The third-order valence-electron chi connectivity index (χ3n) is 4.94. The van der Waals surface area contributed by atoms with Crippen LogP contribution in [-0.4, -0.2) is 33.7 Å². The summed E-state index contributed by atoms with van der Waals surface area (Å²) in [5, 5.41) is 4.57. The van der Waals surface area contributed by atoms with Crippen LogP contribution in [0.1, 0.15) is 36.0 Å². The maximum Gasteiger partial charge on any atom is 0.257 e. The van der Waals surface area contributed by atoms with Crippen LogP contribution in [0.2, 0.25) is 0 Å². The minimum absolute atomic E-state index is 0.0907. The zero-order chi connectivity index (χ0) is 17.8. The van der Waals surface area contributed by atoms with E-state index < -0.39 is 0 Å². The number of carbonyl (C=O) groups excluding carboxylic acids is 1. The second-order valence-electron chi connectivity index (χ2n) is 6.73. The van der Waals surface area contributed by atoms with Gasteiger partial charge in [0.2, 0.25) is 0 Å². The maximum absolute atomic E-state index is 13.3. The Kier molecular flexibility index (Phi) is 4.82. The molecule has 1 aromatic heterocycles. The molecule has 4 nitrogen and oxygen atoms in total. The van der Waals surface area contributed by atoms with Crippen molar-refractivity contribution in [1.29, 1.82) is 0 Å². The van der Waals surface area contributed by atoms with Crippen molar-refractivity contribution in [2.75, 3.05) is 13.1 Å². The molecule has 1 aliphatic rings. The first-order chi connectivity index (χ1) is 12.8. The van der Waals surface area contributed by atoms with Gasteiger partial charge in [-0.2, -0.15) is 5.10 Å². The topological polar surface area (TPSA) is 38.1 Å². The molecule has 132 valence electrons. The summed E-state index contributed by atoms with van der Waals surface area (Å²) in [7, 11) is 0. The van der Waals surface area contributed by atoms with Crippen molar-refractivity contribution in [2.45, 2.75) is 25.7 Å². The average molecular weight is 345 g/mol. The Morgan fingerprint density at radius 2 is 1.42 bits per heavy atom. The zero-order valence-corrected chi connectivity index (χ0v) is 14.8. The van der Waals surface area contributed by atoms with Crippen molar-refractivity contribution in [3.63, 3.8) is 0 Å². The summed E-state index contributed by atoms with van der Waals surface area (Å²) in [5.41, 5.74) is 3.52. The van der Waals surface area contributed by atoms with Crippen LogP contribution < -0.4 is 0 Å². The van der Waals surface area contributed by atoms with Gasteiger partial charge in [-0.05, 0) is 25.0 Å². The molecule has 2 heterocycles. The lowest BCUT2D eigenvalue weighted by molar-refractivity contribution is 0.0762. The second-order valence-corrected chi connectivity index (χ2v) is 6.73. The summed E-state index contributed by atoms with van der Waals surface area (Å²) in [4.78, 5) is 15.3. The van der Waals surface area contributed by atoms with Crippen molar-refractivity contribution < 1.29 is 4.79 Å². The molecule has 0 spiro atoms.